The number of aromatic nitrogens is 1. The molecule has 1 aromatic carbocycles. The molecule has 1 N–H and O–H groups in total. The van der Waals surface area contributed by atoms with E-state index in [1.165, 1.54) is 24.3 Å². The van der Waals surface area contributed by atoms with Gasteiger partial charge in [-0.1, -0.05) is 0 Å². The number of carbonyl (C=O) groups is 1. The number of carbonyl (C=O) groups excluding carboxylic acids is 1. The number of benzene rings is 1. The summed E-state index contributed by atoms with van der Waals surface area (Å²) in [6, 6.07) is 9.02. The van der Waals surface area contributed by atoms with Crippen molar-refractivity contribution >= 4 is 12.1 Å². The van der Waals surface area contributed by atoms with Gasteiger partial charge in [0.1, 0.15) is 5.82 Å². The summed E-state index contributed by atoms with van der Waals surface area (Å²) in [4.78, 5) is 11.6. The molecule has 0 radical (unpaired) electrons. The van der Waals surface area contributed by atoms with E-state index in [2.05, 4.69) is 10.5 Å². The lowest BCUT2D eigenvalue weighted by atomic mass is 10.2. The smallest absolute Gasteiger partial charge is 0.271 e. The van der Waals surface area contributed by atoms with E-state index < -0.39 is 0 Å². The highest BCUT2D eigenvalue weighted by molar-refractivity contribution is 5.94. The number of aryl methyl sites for hydroxylation is 1. The van der Waals surface area contributed by atoms with Crippen molar-refractivity contribution in [1.29, 1.82) is 0 Å². The number of amides is 1. The molecule has 0 saturated heterocycles. The Bertz CT molecular complexity index is 572. The molecule has 18 heavy (non-hydrogen) atoms. The van der Waals surface area contributed by atoms with E-state index in [9.17, 15) is 9.18 Å². The van der Waals surface area contributed by atoms with E-state index in [0.717, 1.165) is 5.69 Å². The average Bonchev–Trinajstić information content (AvgIpc) is 2.76. The van der Waals surface area contributed by atoms with Gasteiger partial charge in [0.05, 0.1) is 11.9 Å². The molecule has 2 aromatic rings. The van der Waals surface area contributed by atoms with Crippen LogP contribution in [0.15, 0.2) is 47.7 Å². The highest BCUT2D eigenvalue weighted by Crippen LogP contribution is 2.02. The molecule has 0 unspecified atom stereocenters. The molecule has 5 heteroatoms. The summed E-state index contributed by atoms with van der Waals surface area (Å²) in [5.74, 6) is -0.751. The molecule has 1 amide bonds. The van der Waals surface area contributed by atoms with E-state index in [4.69, 9.17) is 0 Å². The van der Waals surface area contributed by atoms with Crippen molar-refractivity contribution in [3.8, 4) is 0 Å². The second-order valence-corrected chi connectivity index (χ2v) is 3.75. The van der Waals surface area contributed by atoms with Gasteiger partial charge in [0.25, 0.3) is 5.91 Å². The molecule has 1 aromatic heterocycles. The van der Waals surface area contributed by atoms with Crippen LogP contribution in [0.25, 0.3) is 0 Å². The van der Waals surface area contributed by atoms with Crippen molar-refractivity contribution in [3.63, 3.8) is 0 Å². The van der Waals surface area contributed by atoms with Gasteiger partial charge in [0.2, 0.25) is 0 Å². The Kier molecular flexibility index (Phi) is 3.52. The molecular weight excluding hydrogens is 233 g/mol. The first-order chi connectivity index (χ1) is 8.66. The van der Waals surface area contributed by atoms with Crippen LogP contribution in [0.2, 0.25) is 0 Å². The number of rotatable bonds is 3. The van der Waals surface area contributed by atoms with Crippen molar-refractivity contribution in [2.45, 2.75) is 0 Å². The van der Waals surface area contributed by atoms with E-state index in [-0.39, 0.29) is 11.7 Å². The van der Waals surface area contributed by atoms with Crippen LogP contribution in [0.5, 0.6) is 0 Å². The van der Waals surface area contributed by atoms with Crippen LogP contribution in [0, 0.1) is 5.82 Å². The maximum atomic E-state index is 12.7. The predicted molar refractivity (Wildman–Crippen MR) is 66.9 cm³/mol. The number of halogens is 1. The van der Waals surface area contributed by atoms with Crippen LogP contribution in [0.1, 0.15) is 16.1 Å². The monoisotopic (exact) mass is 245 g/mol. The first-order valence-electron chi connectivity index (χ1n) is 5.37. The zero-order chi connectivity index (χ0) is 13.0. The largest absolute Gasteiger partial charge is 0.350 e. The lowest BCUT2D eigenvalue weighted by Crippen LogP contribution is -2.17. The van der Waals surface area contributed by atoms with Crippen LogP contribution in [-0.2, 0) is 7.05 Å². The van der Waals surface area contributed by atoms with Crippen LogP contribution in [0.3, 0.4) is 0 Å². The Morgan fingerprint density at radius 1 is 1.33 bits per heavy atom. The lowest BCUT2D eigenvalue weighted by Gasteiger charge is -1.99. The summed E-state index contributed by atoms with van der Waals surface area (Å²) < 4.78 is 14.5. The first kappa shape index (κ1) is 12.0. The van der Waals surface area contributed by atoms with Gasteiger partial charge < -0.3 is 4.57 Å². The van der Waals surface area contributed by atoms with Gasteiger partial charge in [0, 0.05) is 18.8 Å². The third-order valence-corrected chi connectivity index (χ3v) is 2.45. The minimum Gasteiger partial charge on any atom is -0.350 e. The third kappa shape index (κ3) is 2.82. The minimum absolute atomic E-state index is 0.362. The van der Waals surface area contributed by atoms with Crippen molar-refractivity contribution in [2.24, 2.45) is 12.1 Å². The van der Waals surface area contributed by atoms with Gasteiger partial charge in [-0.15, -0.1) is 0 Å². The summed E-state index contributed by atoms with van der Waals surface area (Å²) >= 11 is 0. The summed E-state index contributed by atoms with van der Waals surface area (Å²) in [5.41, 5.74) is 3.61. The normalized spacial score (nSPS) is 10.8. The van der Waals surface area contributed by atoms with Crippen molar-refractivity contribution in [2.75, 3.05) is 0 Å². The maximum Gasteiger partial charge on any atom is 0.271 e. The van der Waals surface area contributed by atoms with Crippen molar-refractivity contribution in [3.05, 3.63) is 59.7 Å². The molecule has 0 aliphatic rings. The molecule has 2 rings (SSSR count). The fourth-order valence-corrected chi connectivity index (χ4v) is 1.43. The first-order valence-corrected chi connectivity index (χ1v) is 5.37. The van der Waals surface area contributed by atoms with E-state index in [0.29, 0.717) is 5.56 Å². The van der Waals surface area contributed by atoms with Crippen LogP contribution in [0.4, 0.5) is 4.39 Å². The number of nitrogens with zero attached hydrogens (tertiary/aromatic N) is 2. The molecule has 0 spiro atoms. The fourth-order valence-electron chi connectivity index (χ4n) is 1.43. The Morgan fingerprint density at radius 2 is 2.06 bits per heavy atom. The highest BCUT2D eigenvalue weighted by atomic mass is 19.1. The molecule has 0 atom stereocenters. The minimum atomic E-state index is -0.376. The molecule has 92 valence electrons. The lowest BCUT2D eigenvalue weighted by molar-refractivity contribution is 0.0955. The Morgan fingerprint density at radius 3 is 2.67 bits per heavy atom. The van der Waals surface area contributed by atoms with Gasteiger partial charge >= 0.3 is 0 Å². The quantitative estimate of drug-likeness (QED) is 0.651. The second kappa shape index (κ2) is 5.27. The van der Waals surface area contributed by atoms with Gasteiger partial charge in [-0.3, -0.25) is 4.79 Å². The van der Waals surface area contributed by atoms with Crippen LogP contribution >= 0.6 is 0 Å². The van der Waals surface area contributed by atoms with E-state index in [1.54, 1.807) is 6.21 Å². The molecule has 0 aliphatic heterocycles. The Hall–Kier alpha value is -2.43. The molecule has 0 aliphatic carbocycles. The summed E-state index contributed by atoms with van der Waals surface area (Å²) in [6.07, 6.45) is 3.42. The predicted octanol–water partition coefficient (Wildman–Crippen LogP) is 1.93. The summed E-state index contributed by atoms with van der Waals surface area (Å²) in [7, 11) is 1.88. The highest BCUT2D eigenvalue weighted by Gasteiger charge is 2.03. The molecule has 0 bridgehead atoms. The molecule has 4 nitrogen and oxygen atoms in total. The van der Waals surface area contributed by atoms with Gasteiger partial charge in [-0.25, -0.2) is 9.82 Å². The third-order valence-electron chi connectivity index (χ3n) is 2.45. The van der Waals surface area contributed by atoms with Gasteiger partial charge in [-0.05, 0) is 36.4 Å². The number of hydrogen-bond donors (Lipinski definition) is 1. The van der Waals surface area contributed by atoms with Crippen LogP contribution < -0.4 is 5.43 Å². The Balaban J connectivity index is 1.98. The molecule has 0 fully saturated rings. The fraction of sp³-hybridized carbons (Fsp3) is 0.0769. The number of hydrogen-bond acceptors (Lipinski definition) is 2. The molecule has 1 heterocycles. The Labute approximate surface area is 104 Å². The van der Waals surface area contributed by atoms with Crippen LogP contribution in [-0.4, -0.2) is 16.7 Å². The van der Waals surface area contributed by atoms with E-state index >= 15 is 0 Å². The second-order valence-electron chi connectivity index (χ2n) is 3.75. The topological polar surface area (TPSA) is 46.4 Å². The number of nitrogens with one attached hydrogen (secondary N) is 1. The van der Waals surface area contributed by atoms with Crippen molar-refractivity contribution < 1.29 is 9.18 Å². The zero-order valence-electron chi connectivity index (χ0n) is 9.80. The van der Waals surface area contributed by atoms with Crippen molar-refractivity contribution in [1.82, 2.24) is 9.99 Å². The molecular formula is C13H12FN3O. The van der Waals surface area contributed by atoms with Gasteiger partial charge in [-0.2, -0.15) is 5.10 Å². The maximum absolute atomic E-state index is 12.7. The number of hydrazone groups is 1. The van der Waals surface area contributed by atoms with E-state index in [1.807, 2.05) is 29.9 Å². The summed E-state index contributed by atoms with van der Waals surface area (Å²) in [5, 5.41) is 3.83. The van der Waals surface area contributed by atoms with Gasteiger partial charge in [0.15, 0.2) is 0 Å². The SMILES string of the molecule is Cn1cccc1C=NNC(=O)c1ccc(F)cc1. The summed E-state index contributed by atoms with van der Waals surface area (Å²) in [6.45, 7) is 0. The standard InChI is InChI=1S/C13H12FN3O/c1-17-8-2-3-12(17)9-15-16-13(18)10-4-6-11(14)7-5-10/h2-9H,1H3,(H,16,18). The average molecular weight is 245 g/mol. The zero-order valence-corrected chi connectivity index (χ0v) is 9.80. The molecule has 0 saturated carbocycles.